The molecule has 0 aliphatic carbocycles. The fourth-order valence-electron chi connectivity index (χ4n) is 3.09. The third kappa shape index (κ3) is 4.47. The van der Waals surface area contributed by atoms with Crippen LogP contribution >= 0.6 is 0 Å². The van der Waals surface area contributed by atoms with Crippen LogP contribution in [0.5, 0.6) is 5.75 Å². The highest BCUT2D eigenvalue weighted by Crippen LogP contribution is 2.35. The Labute approximate surface area is 142 Å². The Balaban J connectivity index is 2.30. The summed E-state index contributed by atoms with van der Waals surface area (Å²) in [6.07, 6.45) is 0.599. The lowest BCUT2D eigenvalue weighted by molar-refractivity contribution is -0.153. The van der Waals surface area contributed by atoms with Crippen LogP contribution in [-0.2, 0) is 14.3 Å². The Kier molecular flexibility index (Phi) is 6.20. The van der Waals surface area contributed by atoms with Gasteiger partial charge in [-0.15, -0.1) is 0 Å². The number of rotatable bonds is 7. The van der Waals surface area contributed by atoms with Gasteiger partial charge in [-0.2, -0.15) is 0 Å². The van der Waals surface area contributed by atoms with Crippen LogP contribution in [0.3, 0.4) is 0 Å². The van der Waals surface area contributed by atoms with Crippen LogP contribution < -0.4 is 4.74 Å². The minimum atomic E-state index is -1.01. The zero-order valence-corrected chi connectivity index (χ0v) is 14.4. The topological polar surface area (TPSA) is 76.1 Å². The van der Waals surface area contributed by atoms with E-state index in [0.29, 0.717) is 19.4 Å². The van der Waals surface area contributed by atoms with Crippen molar-refractivity contribution < 1.29 is 24.2 Å². The molecular weight excluding hydrogens is 310 g/mol. The van der Waals surface area contributed by atoms with Crippen LogP contribution in [0.1, 0.15) is 45.2 Å². The van der Waals surface area contributed by atoms with E-state index in [0.717, 1.165) is 11.3 Å². The normalized spacial score (nSPS) is 21.2. The molecule has 0 saturated carbocycles. The molecule has 1 aliphatic heterocycles. The molecule has 1 aliphatic rings. The first-order valence-electron chi connectivity index (χ1n) is 8.31. The molecular formula is C18H25NO5. The first kappa shape index (κ1) is 18.3. The lowest BCUT2D eigenvalue weighted by Crippen LogP contribution is -2.46. The lowest BCUT2D eigenvalue weighted by Gasteiger charge is -2.40. The fraction of sp³-hybridized carbons (Fsp3) is 0.556. The van der Waals surface area contributed by atoms with Crippen molar-refractivity contribution in [3.63, 3.8) is 0 Å². The maximum atomic E-state index is 12.3. The van der Waals surface area contributed by atoms with Gasteiger partial charge in [0.05, 0.1) is 18.2 Å². The number of aliphatic carboxylic acids is 1. The number of benzene rings is 1. The third-order valence-corrected chi connectivity index (χ3v) is 3.98. The maximum Gasteiger partial charge on any atom is 0.329 e. The molecule has 24 heavy (non-hydrogen) atoms. The van der Waals surface area contributed by atoms with Gasteiger partial charge in [-0.1, -0.05) is 12.1 Å². The summed E-state index contributed by atoms with van der Waals surface area (Å²) in [5.74, 6) is -0.216. The van der Waals surface area contributed by atoms with Gasteiger partial charge in [-0.3, -0.25) is 4.79 Å². The molecule has 2 atom stereocenters. The Hall–Kier alpha value is -2.08. The average molecular weight is 335 g/mol. The van der Waals surface area contributed by atoms with E-state index in [2.05, 4.69) is 0 Å². The molecule has 2 rings (SSSR count). The van der Waals surface area contributed by atoms with Crippen LogP contribution in [0.4, 0.5) is 0 Å². The van der Waals surface area contributed by atoms with E-state index in [1.807, 2.05) is 45.0 Å². The van der Waals surface area contributed by atoms with Gasteiger partial charge in [0, 0.05) is 13.0 Å². The first-order valence-corrected chi connectivity index (χ1v) is 8.31. The largest absolute Gasteiger partial charge is 0.491 e. The van der Waals surface area contributed by atoms with E-state index >= 15 is 0 Å². The van der Waals surface area contributed by atoms with Crippen molar-refractivity contribution in [1.29, 1.82) is 0 Å². The molecule has 1 N–H and O–H groups in total. The van der Waals surface area contributed by atoms with Crippen LogP contribution in [0, 0.1) is 0 Å². The monoisotopic (exact) mass is 335 g/mol. The molecule has 132 valence electrons. The van der Waals surface area contributed by atoms with Crippen LogP contribution in [0.15, 0.2) is 24.3 Å². The van der Waals surface area contributed by atoms with Gasteiger partial charge in [0.2, 0.25) is 5.91 Å². The van der Waals surface area contributed by atoms with E-state index in [9.17, 15) is 9.59 Å². The van der Waals surface area contributed by atoms with Gasteiger partial charge in [0.1, 0.15) is 12.4 Å². The van der Waals surface area contributed by atoms with E-state index < -0.39 is 5.97 Å². The van der Waals surface area contributed by atoms with Crippen molar-refractivity contribution in [2.45, 2.75) is 51.9 Å². The first-order chi connectivity index (χ1) is 11.4. The molecule has 1 heterocycles. The predicted molar refractivity (Wildman–Crippen MR) is 88.9 cm³/mol. The number of carbonyl (C=O) groups excluding carboxylic acids is 1. The average Bonchev–Trinajstić information content (AvgIpc) is 2.52. The van der Waals surface area contributed by atoms with Gasteiger partial charge < -0.3 is 19.5 Å². The van der Waals surface area contributed by atoms with Crippen LogP contribution in [0.25, 0.3) is 0 Å². The fourth-order valence-corrected chi connectivity index (χ4v) is 3.09. The Morgan fingerprint density at radius 2 is 2.17 bits per heavy atom. The maximum absolute atomic E-state index is 12.3. The van der Waals surface area contributed by atoms with Gasteiger partial charge in [-0.05, 0) is 44.9 Å². The van der Waals surface area contributed by atoms with Crippen molar-refractivity contribution in [3.8, 4) is 5.75 Å². The minimum absolute atomic E-state index is 0.0505. The number of carboxylic acid groups (broad SMARTS) is 1. The second kappa shape index (κ2) is 8.15. The molecule has 0 spiro atoms. The number of hydrogen-bond acceptors (Lipinski definition) is 4. The van der Waals surface area contributed by atoms with E-state index in [-0.39, 0.29) is 30.8 Å². The van der Waals surface area contributed by atoms with Gasteiger partial charge >= 0.3 is 5.97 Å². The minimum Gasteiger partial charge on any atom is -0.491 e. The molecule has 0 unspecified atom stereocenters. The summed E-state index contributed by atoms with van der Waals surface area (Å²) in [4.78, 5) is 24.9. The zero-order valence-electron chi connectivity index (χ0n) is 14.4. The van der Waals surface area contributed by atoms with Crippen molar-refractivity contribution >= 4 is 11.9 Å². The number of piperidine rings is 1. The molecule has 1 amide bonds. The highest BCUT2D eigenvalue weighted by molar-refractivity contribution is 5.78. The summed E-state index contributed by atoms with van der Waals surface area (Å²) in [6.45, 7) is 6.00. The number of likely N-dealkylation sites (tertiary alicyclic amines) is 1. The second-order valence-electron chi connectivity index (χ2n) is 6.15. The smallest absolute Gasteiger partial charge is 0.329 e. The second-order valence-corrected chi connectivity index (χ2v) is 6.15. The summed E-state index contributed by atoms with van der Waals surface area (Å²) < 4.78 is 11.3. The molecule has 6 heteroatoms. The van der Waals surface area contributed by atoms with Crippen LogP contribution in [-0.4, -0.2) is 47.2 Å². The number of ether oxygens (including phenoxy) is 2. The number of likely N-dealkylation sites (N-methyl/N-ethyl adjacent to an activating group) is 1. The SMILES string of the molecule is CCN1C(=O)CC[C@H](OCC(=O)O)[C@H]1c1cccc(OC(C)C)c1. The quantitative estimate of drug-likeness (QED) is 0.829. The number of hydrogen-bond donors (Lipinski definition) is 1. The molecule has 0 bridgehead atoms. The van der Waals surface area contributed by atoms with Crippen molar-refractivity contribution in [2.24, 2.45) is 0 Å². The number of carbonyl (C=O) groups is 2. The standard InChI is InChI=1S/C18H25NO5/c1-4-19-16(20)9-8-15(23-11-17(21)22)18(19)13-6-5-7-14(10-13)24-12(2)3/h5-7,10,12,15,18H,4,8-9,11H2,1-3H3,(H,21,22)/t15-,18+/m0/s1. The Morgan fingerprint density at radius 3 is 2.79 bits per heavy atom. The zero-order chi connectivity index (χ0) is 17.7. The van der Waals surface area contributed by atoms with Crippen molar-refractivity contribution in [1.82, 2.24) is 4.90 Å². The molecule has 1 aromatic carbocycles. The summed E-state index contributed by atoms with van der Waals surface area (Å²) in [5, 5.41) is 8.89. The number of carboxylic acids is 1. The lowest BCUT2D eigenvalue weighted by atomic mass is 9.91. The van der Waals surface area contributed by atoms with E-state index in [4.69, 9.17) is 14.6 Å². The molecule has 1 fully saturated rings. The summed E-state index contributed by atoms with van der Waals surface area (Å²) in [5.41, 5.74) is 0.901. The third-order valence-electron chi connectivity index (χ3n) is 3.98. The number of nitrogens with zero attached hydrogens (tertiary/aromatic N) is 1. The highest BCUT2D eigenvalue weighted by atomic mass is 16.5. The van der Waals surface area contributed by atoms with Crippen molar-refractivity contribution in [2.75, 3.05) is 13.2 Å². The summed E-state index contributed by atoms with van der Waals surface area (Å²) in [6, 6.07) is 7.29. The number of amides is 1. The molecule has 1 aromatic rings. The summed E-state index contributed by atoms with van der Waals surface area (Å²) >= 11 is 0. The van der Waals surface area contributed by atoms with Gasteiger partial charge in [0.25, 0.3) is 0 Å². The molecule has 6 nitrogen and oxygen atoms in total. The van der Waals surface area contributed by atoms with Crippen molar-refractivity contribution in [3.05, 3.63) is 29.8 Å². The van der Waals surface area contributed by atoms with Gasteiger partial charge in [0.15, 0.2) is 0 Å². The molecule has 0 aromatic heterocycles. The predicted octanol–water partition coefficient (Wildman–Crippen LogP) is 2.63. The van der Waals surface area contributed by atoms with Crippen LogP contribution in [0.2, 0.25) is 0 Å². The Morgan fingerprint density at radius 1 is 1.42 bits per heavy atom. The van der Waals surface area contributed by atoms with E-state index in [1.54, 1.807) is 4.90 Å². The molecule has 1 saturated heterocycles. The van der Waals surface area contributed by atoms with E-state index in [1.165, 1.54) is 0 Å². The van der Waals surface area contributed by atoms with Gasteiger partial charge in [-0.25, -0.2) is 4.79 Å². The molecule has 0 radical (unpaired) electrons. The Bertz CT molecular complexity index is 587. The summed E-state index contributed by atoms with van der Waals surface area (Å²) in [7, 11) is 0. The highest BCUT2D eigenvalue weighted by Gasteiger charge is 2.37.